The van der Waals surface area contributed by atoms with Crippen LogP contribution in [0.5, 0.6) is 5.75 Å². The Morgan fingerprint density at radius 1 is 1.08 bits per heavy atom. The van der Waals surface area contributed by atoms with Gasteiger partial charge in [-0.25, -0.2) is 4.98 Å². The number of nitrogens with zero attached hydrogens (tertiary/aromatic N) is 2. The predicted octanol–water partition coefficient (Wildman–Crippen LogP) is 4.42. The van der Waals surface area contributed by atoms with Crippen molar-refractivity contribution in [2.75, 3.05) is 23.1 Å². The molecule has 1 heterocycles. The highest BCUT2D eigenvalue weighted by Crippen LogP contribution is 2.38. The molecule has 0 saturated heterocycles. The van der Waals surface area contributed by atoms with Gasteiger partial charge in [-0.1, -0.05) is 24.3 Å². The highest BCUT2D eigenvalue weighted by atomic mass is 19.4. The fourth-order valence-corrected chi connectivity index (χ4v) is 4.26. The second kappa shape index (κ2) is 10.3. The minimum absolute atomic E-state index is 0.104. The van der Waals surface area contributed by atoms with E-state index in [1.165, 1.54) is 21.0 Å². The summed E-state index contributed by atoms with van der Waals surface area (Å²) in [6, 6.07) is 11.0. The maximum absolute atomic E-state index is 13.9. The van der Waals surface area contributed by atoms with Gasteiger partial charge in [0.25, 0.3) is 0 Å². The van der Waals surface area contributed by atoms with Crippen LogP contribution < -0.4 is 26.0 Å². The van der Waals surface area contributed by atoms with Crippen LogP contribution >= 0.6 is 0 Å². The van der Waals surface area contributed by atoms with Crippen molar-refractivity contribution < 1.29 is 27.5 Å². The molecule has 0 unspecified atom stereocenters. The van der Waals surface area contributed by atoms with E-state index in [1.54, 1.807) is 18.2 Å². The lowest BCUT2D eigenvalue weighted by atomic mass is 10.1. The van der Waals surface area contributed by atoms with Crippen molar-refractivity contribution in [2.45, 2.75) is 38.5 Å². The first kappa shape index (κ1) is 25.7. The van der Waals surface area contributed by atoms with E-state index >= 15 is 0 Å². The van der Waals surface area contributed by atoms with Gasteiger partial charge in [0.05, 0.1) is 24.9 Å². The molecule has 1 aliphatic rings. The molecule has 0 fully saturated rings. The van der Waals surface area contributed by atoms with Crippen molar-refractivity contribution >= 4 is 35.0 Å². The normalized spacial score (nSPS) is 16.5. The zero-order valence-corrected chi connectivity index (χ0v) is 20.2. The van der Waals surface area contributed by atoms with Crippen LogP contribution in [0, 0.1) is 0 Å². The van der Waals surface area contributed by atoms with E-state index in [-0.39, 0.29) is 17.8 Å². The molecule has 0 aliphatic heterocycles. The number of hydrogen-bond donors (Lipinski definition) is 4. The van der Waals surface area contributed by atoms with Gasteiger partial charge in [0.2, 0.25) is 17.8 Å². The minimum atomic E-state index is -4.71. The quantitative estimate of drug-likeness (QED) is 0.369. The lowest BCUT2D eigenvalue weighted by Gasteiger charge is -2.24. The van der Waals surface area contributed by atoms with Gasteiger partial charge in [-0.05, 0) is 29.7 Å². The van der Waals surface area contributed by atoms with Crippen molar-refractivity contribution in [1.29, 1.82) is 0 Å². The molecule has 9 nitrogen and oxygen atoms in total. The molecule has 4 rings (SSSR count). The third-order valence-corrected chi connectivity index (χ3v) is 5.78. The molecule has 1 aromatic heterocycles. The Labute approximate surface area is 210 Å². The Balaban J connectivity index is 1.66. The zero-order chi connectivity index (χ0) is 26.7. The summed E-state index contributed by atoms with van der Waals surface area (Å²) in [5, 5.41) is 11.2. The lowest BCUT2D eigenvalue weighted by molar-refractivity contribution is -0.137. The maximum atomic E-state index is 13.9. The van der Waals surface area contributed by atoms with Crippen molar-refractivity contribution in [1.82, 2.24) is 15.3 Å². The van der Waals surface area contributed by atoms with Crippen molar-refractivity contribution in [2.24, 2.45) is 0 Å². The molecule has 12 heteroatoms. The van der Waals surface area contributed by atoms with Crippen LogP contribution in [0.25, 0.3) is 0 Å². The predicted molar refractivity (Wildman–Crippen MR) is 132 cm³/mol. The van der Waals surface area contributed by atoms with E-state index < -0.39 is 29.6 Å². The number of ether oxygens (including phenoxy) is 1. The van der Waals surface area contributed by atoms with Gasteiger partial charge in [-0.3, -0.25) is 9.59 Å². The van der Waals surface area contributed by atoms with E-state index in [4.69, 9.17) is 4.74 Å². The number of methoxy groups -OCH3 is 1. The molecule has 194 valence electrons. The van der Waals surface area contributed by atoms with Gasteiger partial charge in [0.1, 0.15) is 17.1 Å². The summed E-state index contributed by atoms with van der Waals surface area (Å²) in [5.74, 6) is -0.776. The van der Waals surface area contributed by atoms with E-state index in [2.05, 4.69) is 31.2 Å². The standard InChI is InChI=1S/C25H25F3N6O3/c1-13(35)30-16-8-9-19(21(11-16)37-3)33-24-29-12-18(25(26,27)28)23(34-24)32-20-10-15-6-4-5-7-17(15)22(20)31-14(2)36/h4-9,11-12,20,22H,10H2,1-3H3,(H,30,35)(H,31,36)(H2,29,32,33,34)/t20-,22-/m1/s1. The van der Waals surface area contributed by atoms with Crippen LogP contribution in [-0.2, 0) is 22.2 Å². The first-order valence-corrected chi connectivity index (χ1v) is 11.3. The van der Waals surface area contributed by atoms with E-state index in [0.29, 0.717) is 29.7 Å². The number of benzene rings is 2. The smallest absolute Gasteiger partial charge is 0.421 e. The molecule has 4 N–H and O–H groups in total. The van der Waals surface area contributed by atoms with Gasteiger partial charge >= 0.3 is 6.18 Å². The number of carbonyl (C=O) groups excluding carboxylic acids is 2. The van der Waals surface area contributed by atoms with Gasteiger partial charge in [0, 0.05) is 31.8 Å². The Morgan fingerprint density at radius 3 is 2.51 bits per heavy atom. The van der Waals surface area contributed by atoms with Crippen molar-refractivity contribution in [3.8, 4) is 5.75 Å². The molecule has 0 radical (unpaired) electrons. The monoisotopic (exact) mass is 514 g/mol. The van der Waals surface area contributed by atoms with Gasteiger partial charge in [-0.2, -0.15) is 18.2 Å². The summed E-state index contributed by atoms with van der Waals surface area (Å²) in [5.41, 5.74) is 1.58. The largest absolute Gasteiger partial charge is 0.494 e. The van der Waals surface area contributed by atoms with Gasteiger partial charge in [0.15, 0.2) is 0 Å². The number of carbonyl (C=O) groups is 2. The molecule has 37 heavy (non-hydrogen) atoms. The molecule has 0 saturated carbocycles. The summed E-state index contributed by atoms with van der Waals surface area (Å²) in [4.78, 5) is 31.2. The fraction of sp³-hybridized carbons (Fsp3) is 0.280. The summed E-state index contributed by atoms with van der Waals surface area (Å²) in [7, 11) is 1.42. The molecule has 3 aromatic rings. The molecule has 1 aliphatic carbocycles. The number of nitrogens with one attached hydrogen (secondary N) is 4. The third kappa shape index (κ3) is 5.90. The molecule has 2 aromatic carbocycles. The van der Waals surface area contributed by atoms with Crippen molar-refractivity contribution in [3.63, 3.8) is 0 Å². The third-order valence-electron chi connectivity index (χ3n) is 5.78. The lowest BCUT2D eigenvalue weighted by Crippen LogP contribution is -2.37. The summed E-state index contributed by atoms with van der Waals surface area (Å²) >= 11 is 0. The summed E-state index contributed by atoms with van der Waals surface area (Å²) in [6.07, 6.45) is -3.62. The van der Waals surface area contributed by atoms with Crippen LogP contribution in [0.4, 0.5) is 36.3 Å². The second-order valence-electron chi connectivity index (χ2n) is 8.51. The molecule has 2 atom stereocenters. The zero-order valence-electron chi connectivity index (χ0n) is 20.2. The summed E-state index contributed by atoms with van der Waals surface area (Å²) in [6.45, 7) is 2.72. The van der Waals surface area contributed by atoms with Crippen LogP contribution in [-0.4, -0.2) is 34.9 Å². The number of hydrogen-bond acceptors (Lipinski definition) is 7. The number of fused-ring (bicyclic) bond motifs is 1. The highest BCUT2D eigenvalue weighted by Gasteiger charge is 2.38. The van der Waals surface area contributed by atoms with Gasteiger partial charge < -0.3 is 26.0 Å². The topological polar surface area (TPSA) is 117 Å². The van der Waals surface area contributed by atoms with Crippen LogP contribution in [0.2, 0.25) is 0 Å². The molecule has 0 bridgehead atoms. The molecular formula is C25H25F3N6O3. The Morgan fingerprint density at radius 2 is 1.84 bits per heavy atom. The molecule has 0 spiro atoms. The first-order chi connectivity index (χ1) is 17.5. The average Bonchev–Trinajstić information content (AvgIpc) is 3.15. The number of aromatic nitrogens is 2. The molecule has 2 amide bonds. The number of amides is 2. The highest BCUT2D eigenvalue weighted by molar-refractivity contribution is 5.89. The van der Waals surface area contributed by atoms with E-state index in [0.717, 1.165) is 11.1 Å². The number of anilines is 4. The Hall–Kier alpha value is -4.35. The summed E-state index contributed by atoms with van der Waals surface area (Å²) < 4.78 is 46.9. The maximum Gasteiger partial charge on any atom is 0.421 e. The SMILES string of the molecule is COc1cc(NC(C)=O)ccc1Nc1ncc(C(F)(F)F)c(N[C@@H]2Cc3ccccc3[C@H]2NC(C)=O)n1. The Bertz CT molecular complexity index is 1330. The van der Waals surface area contributed by atoms with Crippen LogP contribution in [0.1, 0.15) is 36.6 Å². The number of alkyl halides is 3. The number of rotatable bonds is 7. The van der Waals surface area contributed by atoms with Gasteiger partial charge in [-0.15, -0.1) is 0 Å². The number of halogens is 3. The average molecular weight is 515 g/mol. The van der Waals surface area contributed by atoms with Crippen LogP contribution in [0.3, 0.4) is 0 Å². The van der Waals surface area contributed by atoms with E-state index in [9.17, 15) is 22.8 Å². The first-order valence-electron chi connectivity index (χ1n) is 11.3. The molecular weight excluding hydrogens is 489 g/mol. The minimum Gasteiger partial charge on any atom is -0.494 e. The van der Waals surface area contributed by atoms with Crippen LogP contribution in [0.15, 0.2) is 48.7 Å². The van der Waals surface area contributed by atoms with E-state index in [1.807, 2.05) is 24.3 Å². The second-order valence-corrected chi connectivity index (χ2v) is 8.51. The fourth-order valence-electron chi connectivity index (χ4n) is 4.26. The van der Waals surface area contributed by atoms with Crippen molar-refractivity contribution in [3.05, 3.63) is 65.4 Å². The Kier molecular flexibility index (Phi) is 7.18.